The summed E-state index contributed by atoms with van der Waals surface area (Å²) >= 11 is 0. The number of benzene rings is 1. The Hall–Kier alpha value is -4.95. The molecular weight excluding hydrogens is 646 g/mol. The van der Waals surface area contributed by atoms with Crippen LogP contribution < -0.4 is 26.0 Å². The zero-order chi connectivity index (χ0) is 36.0. The average Bonchev–Trinajstić information content (AvgIpc) is 3.79. The minimum Gasteiger partial charge on any atom is -0.491 e. The Kier molecular flexibility index (Phi) is 14.2. The number of hydrogen-bond donors (Lipinski definition) is 6. The predicted molar refractivity (Wildman–Crippen MR) is 182 cm³/mol. The fraction of sp³-hybridized carbons (Fsp3) is 0.571. The molecule has 50 heavy (non-hydrogen) atoms. The van der Waals surface area contributed by atoms with Gasteiger partial charge in [0, 0.05) is 44.2 Å². The fourth-order valence-electron chi connectivity index (χ4n) is 6.07. The number of aromatic nitrogens is 2. The first-order chi connectivity index (χ1) is 24.0. The summed E-state index contributed by atoms with van der Waals surface area (Å²) in [4.78, 5) is 87.2. The molecule has 2 aliphatic heterocycles. The summed E-state index contributed by atoms with van der Waals surface area (Å²) in [6.45, 7) is 5.09. The molecule has 0 saturated carbocycles. The third-order valence-electron chi connectivity index (χ3n) is 8.92. The van der Waals surface area contributed by atoms with Gasteiger partial charge < -0.3 is 41.0 Å². The first-order valence-electron chi connectivity index (χ1n) is 17.4. The first-order valence-corrected chi connectivity index (χ1v) is 17.4. The minimum absolute atomic E-state index is 0.0229. The molecule has 1 fully saturated rings. The van der Waals surface area contributed by atoms with Gasteiger partial charge in [-0.2, -0.15) is 0 Å². The number of carboxylic acid groups (broad SMARTS) is 1. The van der Waals surface area contributed by atoms with Gasteiger partial charge in [-0.15, -0.1) is 0 Å². The largest absolute Gasteiger partial charge is 0.491 e. The summed E-state index contributed by atoms with van der Waals surface area (Å²) in [6.07, 6.45) is 6.48. The Morgan fingerprint density at radius 1 is 1.06 bits per heavy atom. The van der Waals surface area contributed by atoms with Gasteiger partial charge >= 0.3 is 5.97 Å². The number of unbranched alkanes of at least 4 members (excludes halogenated alkanes) is 1. The Bertz CT molecular complexity index is 1480. The number of carbonyl (C=O) groups excluding carboxylic acids is 5. The summed E-state index contributed by atoms with van der Waals surface area (Å²) in [5.74, 6) is -2.84. The van der Waals surface area contributed by atoms with Crippen molar-refractivity contribution in [3.8, 4) is 5.75 Å². The number of hydrogen-bond acceptors (Lipinski definition) is 8. The Labute approximate surface area is 291 Å². The molecule has 272 valence electrons. The van der Waals surface area contributed by atoms with Crippen molar-refractivity contribution in [1.29, 1.82) is 0 Å². The summed E-state index contributed by atoms with van der Waals surface area (Å²) < 4.78 is 6.08. The van der Waals surface area contributed by atoms with E-state index >= 15 is 0 Å². The molecule has 1 aromatic carbocycles. The SMILES string of the molecule is CC(C)CCC(=O)NCCCC[C@@H]1NC(=O)[C@H](Cc2cnc[nH]2)NC(=O)CC[C@@H](C(=O)O)NC(=O)c2ccccc2OC[C@@H]2CCCN2C1=O. The molecule has 0 unspecified atom stereocenters. The highest BCUT2D eigenvalue weighted by atomic mass is 16.5. The van der Waals surface area contributed by atoms with E-state index in [2.05, 4.69) is 45.1 Å². The van der Waals surface area contributed by atoms with E-state index in [-0.39, 0.29) is 55.0 Å². The van der Waals surface area contributed by atoms with Gasteiger partial charge in [-0.05, 0) is 63.0 Å². The molecule has 2 aliphatic rings. The van der Waals surface area contributed by atoms with E-state index in [1.54, 1.807) is 23.1 Å². The van der Waals surface area contributed by atoms with E-state index in [1.165, 1.54) is 18.6 Å². The molecule has 1 aromatic heterocycles. The van der Waals surface area contributed by atoms with E-state index in [4.69, 9.17) is 4.74 Å². The molecule has 3 heterocycles. The lowest BCUT2D eigenvalue weighted by atomic mass is 10.0. The Morgan fingerprint density at radius 3 is 2.60 bits per heavy atom. The smallest absolute Gasteiger partial charge is 0.326 e. The molecule has 15 heteroatoms. The summed E-state index contributed by atoms with van der Waals surface area (Å²) in [5, 5.41) is 20.8. The number of nitrogens with one attached hydrogen (secondary N) is 5. The number of ether oxygens (including phenoxy) is 1. The van der Waals surface area contributed by atoms with Crippen LogP contribution in [0.4, 0.5) is 0 Å². The van der Waals surface area contributed by atoms with E-state index in [1.807, 2.05) is 0 Å². The molecule has 0 spiro atoms. The second kappa shape index (κ2) is 18.7. The average molecular weight is 696 g/mol. The van der Waals surface area contributed by atoms with Crippen molar-refractivity contribution in [2.45, 2.75) is 102 Å². The number of imidazole rings is 1. The van der Waals surface area contributed by atoms with Gasteiger partial charge in [-0.3, -0.25) is 24.0 Å². The topological polar surface area (TPSA) is 212 Å². The second-order valence-corrected chi connectivity index (χ2v) is 13.3. The number of amides is 5. The molecular formula is C35H49N7O8. The number of para-hydroxylation sites is 1. The van der Waals surface area contributed by atoms with Crippen LogP contribution >= 0.6 is 0 Å². The maximum absolute atomic E-state index is 14.1. The van der Waals surface area contributed by atoms with Crippen LogP contribution in [-0.4, -0.2) is 99.3 Å². The van der Waals surface area contributed by atoms with Crippen molar-refractivity contribution in [3.05, 3.63) is 48.0 Å². The number of carboxylic acids is 1. The fourth-order valence-corrected chi connectivity index (χ4v) is 6.07. The van der Waals surface area contributed by atoms with Crippen molar-refractivity contribution in [1.82, 2.24) is 36.1 Å². The van der Waals surface area contributed by atoms with Gasteiger partial charge in [-0.1, -0.05) is 26.0 Å². The lowest BCUT2D eigenvalue weighted by molar-refractivity contribution is -0.139. The van der Waals surface area contributed by atoms with E-state index < -0.39 is 41.8 Å². The second-order valence-electron chi connectivity index (χ2n) is 13.3. The van der Waals surface area contributed by atoms with Gasteiger partial charge in [0.05, 0.1) is 17.9 Å². The van der Waals surface area contributed by atoms with Crippen molar-refractivity contribution in [2.24, 2.45) is 5.92 Å². The molecule has 4 rings (SSSR count). The maximum Gasteiger partial charge on any atom is 0.326 e. The molecule has 0 bridgehead atoms. The molecule has 2 aromatic rings. The van der Waals surface area contributed by atoms with Gasteiger partial charge in [0.1, 0.15) is 30.5 Å². The van der Waals surface area contributed by atoms with Gasteiger partial charge in [-0.25, -0.2) is 9.78 Å². The zero-order valence-electron chi connectivity index (χ0n) is 28.7. The van der Waals surface area contributed by atoms with Crippen LogP contribution in [0.15, 0.2) is 36.8 Å². The molecule has 0 radical (unpaired) electrons. The van der Waals surface area contributed by atoms with E-state index in [9.17, 15) is 33.9 Å². The summed E-state index contributed by atoms with van der Waals surface area (Å²) in [6, 6.07) is 2.68. The number of fused-ring (bicyclic) bond motifs is 2. The molecule has 5 amide bonds. The number of H-pyrrole nitrogens is 1. The van der Waals surface area contributed by atoms with Crippen molar-refractivity contribution < 1.29 is 38.6 Å². The minimum atomic E-state index is -1.38. The van der Waals surface area contributed by atoms with Crippen molar-refractivity contribution in [2.75, 3.05) is 19.7 Å². The maximum atomic E-state index is 14.1. The van der Waals surface area contributed by atoms with E-state index in [0.29, 0.717) is 63.2 Å². The van der Waals surface area contributed by atoms with Crippen molar-refractivity contribution in [3.63, 3.8) is 0 Å². The monoisotopic (exact) mass is 695 g/mol. The highest BCUT2D eigenvalue weighted by Gasteiger charge is 2.36. The standard InChI is InChI=1S/C35H49N7O8/c1-22(2)12-14-30(43)37-16-6-5-10-26-34(47)42-17-7-8-24(42)20-50-29-11-4-3-9-25(29)32(45)41-27(35(48)49)13-15-31(44)39-28(33(46)40-26)18-23-19-36-21-38-23/h3-4,9,11,19,21-22,24,26-28H,5-8,10,12-18,20H2,1-2H3,(H,36,38)(H,37,43)(H,39,44)(H,40,46)(H,41,45)(H,48,49)/t24-,26-,27-,28-/m0/s1. The molecule has 4 atom stereocenters. The Balaban J connectivity index is 1.57. The quantitative estimate of drug-likeness (QED) is 0.189. The Morgan fingerprint density at radius 2 is 1.86 bits per heavy atom. The lowest BCUT2D eigenvalue weighted by Gasteiger charge is -2.30. The van der Waals surface area contributed by atoms with Crippen LogP contribution in [0.5, 0.6) is 5.75 Å². The zero-order valence-corrected chi connectivity index (χ0v) is 28.7. The normalized spacial score (nSPS) is 22.3. The summed E-state index contributed by atoms with van der Waals surface area (Å²) in [5.41, 5.74) is 0.691. The molecule has 1 saturated heterocycles. The number of nitrogens with zero attached hydrogens (tertiary/aromatic N) is 2. The van der Waals surface area contributed by atoms with E-state index in [0.717, 1.165) is 6.42 Å². The highest BCUT2D eigenvalue weighted by Crippen LogP contribution is 2.24. The van der Waals surface area contributed by atoms with Gasteiger partial charge in [0.2, 0.25) is 23.6 Å². The van der Waals surface area contributed by atoms with Crippen LogP contribution in [-0.2, 0) is 30.4 Å². The van der Waals surface area contributed by atoms with Crippen molar-refractivity contribution >= 4 is 35.5 Å². The number of carbonyl (C=O) groups is 6. The number of rotatable bonds is 11. The van der Waals surface area contributed by atoms with Gasteiger partial charge in [0.25, 0.3) is 5.91 Å². The van der Waals surface area contributed by atoms with Crippen LogP contribution in [0.2, 0.25) is 0 Å². The lowest BCUT2D eigenvalue weighted by Crippen LogP contribution is -2.56. The number of aromatic amines is 1. The molecule has 0 aliphatic carbocycles. The van der Waals surface area contributed by atoms with Crippen LogP contribution in [0, 0.1) is 5.92 Å². The highest BCUT2D eigenvalue weighted by molar-refractivity contribution is 5.99. The van der Waals surface area contributed by atoms with Crippen LogP contribution in [0.25, 0.3) is 0 Å². The molecule has 15 nitrogen and oxygen atoms in total. The summed E-state index contributed by atoms with van der Waals surface area (Å²) in [7, 11) is 0. The van der Waals surface area contributed by atoms with Crippen LogP contribution in [0.3, 0.4) is 0 Å². The van der Waals surface area contributed by atoms with Crippen LogP contribution in [0.1, 0.15) is 87.7 Å². The third kappa shape index (κ3) is 11.3. The van der Waals surface area contributed by atoms with Gasteiger partial charge in [0.15, 0.2) is 0 Å². The predicted octanol–water partition coefficient (Wildman–Crippen LogP) is 1.69. The third-order valence-corrected chi connectivity index (χ3v) is 8.92. The molecule has 6 N–H and O–H groups in total. The first kappa shape index (κ1) is 37.9. The number of aliphatic carboxylic acids is 1.